The van der Waals surface area contributed by atoms with Crippen molar-refractivity contribution < 1.29 is 24.0 Å². The van der Waals surface area contributed by atoms with Crippen molar-refractivity contribution in [3.63, 3.8) is 0 Å². The monoisotopic (exact) mass is 965 g/mol. The maximum absolute atomic E-state index is 13.3. The van der Waals surface area contributed by atoms with E-state index in [1.807, 2.05) is 19.0 Å². The molecule has 0 saturated heterocycles. The van der Waals surface area contributed by atoms with Gasteiger partial charge in [-0.2, -0.15) is 0 Å². The van der Waals surface area contributed by atoms with Gasteiger partial charge < -0.3 is 31.5 Å². The molecular weight excluding hydrogens is 865 g/mol. The fourth-order valence-electron chi connectivity index (χ4n) is 7.45. The van der Waals surface area contributed by atoms with Crippen LogP contribution in [0.1, 0.15) is 219 Å². The predicted molar refractivity (Wildman–Crippen MR) is 285 cm³/mol. The molecule has 0 aromatic rings. The molecule has 0 spiro atoms. The number of nitrogens with one attached hydrogen (secondary N) is 5. The zero-order valence-corrected chi connectivity index (χ0v) is 44.4. The van der Waals surface area contributed by atoms with Gasteiger partial charge in [0.05, 0.1) is 6.54 Å². The molecule has 0 aliphatic carbocycles. The number of carbonyl (C=O) groups excluding carboxylic acids is 5. The molecule has 0 aliphatic rings. The number of rotatable bonds is 49. The number of unbranched alkanes of at least 4 members (excludes halogenated alkanes) is 24. The van der Waals surface area contributed by atoms with Crippen molar-refractivity contribution >= 4 is 51.1 Å². The normalized spacial score (nSPS) is 12.0. The van der Waals surface area contributed by atoms with Crippen LogP contribution >= 0.6 is 21.6 Å². The van der Waals surface area contributed by atoms with E-state index in [0.717, 1.165) is 44.3 Å². The number of allylic oxidation sites excluding steroid dienone is 4. The van der Waals surface area contributed by atoms with E-state index in [-0.39, 0.29) is 55.2 Å². The Morgan fingerprint density at radius 2 is 0.788 bits per heavy atom. The molecule has 0 heterocycles. The first-order valence-corrected chi connectivity index (χ1v) is 29.2. The minimum absolute atomic E-state index is 0.00190. The lowest BCUT2D eigenvalue weighted by atomic mass is 10.1. The molecule has 0 saturated carbocycles. The molecule has 0 bridgehead atoms. The first-order chi connectivity index (χ1) is 32.2. The van der Waals surface area contributed by atoms with E-state index < -0.39 is 6.04 Å². The van der Waals surface area contributed by atoms with Gasteiger partial charge in [-0.15, -0.1) is 0 Å². The highest BCUT2D eigenvalue weighted by molar-refractivity contribution is 8.76. The standard InChI is InChI=1S/C53H100N6O5S2/c1-5-7-9-11-13-15-17-19-21-23-25-27-29-31-33-35-41-54-49(60)38-37-48(53(64)57-42-36-34-32-30-28-26-24-22-20-18-16-14-12-10-8-6-2)58-51(62)40-39-50(61)55-43-45-65-66-46-44-56-52(63)47-59(3)4/h19-22,48H,5-18,23-47H2,1-4H3,(H,54,60)(H,55,61)(H,56,63)(H,57,64)(H,58,62)/b21-19-,22-20-. The summed E-state index contributed by atoms with van der Waals surface area (Å²) in [6.07, 6.45) is 44.1. The average molecular weight is 966 g/mol. The van der Waals surface area contributed by atoms with Crippen LogP contribution in [-0.2, 0) is 24.0 Å². The van der Waals surface area contributed by atoms with E-state index in [9.17, 15) is 24.0 Å². The van der Waals surface area contributed by atoms with Gasteiger partial charge in [0.15, 0.2) is 0 Å². The van der Waals surface area contributed by atoms with E-state index in [2.05, 4.69) is 64.7 Å². The van der Waals surface area contributed by atoms with Crippen molar-refractivity contribution in [3.05, 3.63) is 24.3 Å². The third-order valence-electron chi connectivity index (χ3n) is 11.4. The SMILES string of the molecule is CCCCCCCC/C=C\CCCCCCCCNC(=O)CCC(NC(=O)CCC(=O)NCCSSCCNC(=O)CN(C)C)C(=O)NCCCCCCCC/C=C\CCCCCCCC. The fraction of sp³-hybridized carbons (Fsp3) is 0.830. The van der Waals surface area contributed by atoms with Crippen molar-refractivity contribution in [1.29, 1.82) is 0 Å². The molecule has 5 N–H and O–H groups in total. The van der Waals surface area contributed by atoms with Gasteiger partial charge >= 0.3 is 0 Å². The van der Waals surface area contributed by atoms with Gasteiger partial charge in [0.25, 0.3) is 0 Å². The van der Waals surface area contributed by atoms with Gasteiger partial charge in [0.1, 0.15) is 6.04 Å². The molecule has 0 fully saturated rings. The summed E-state index contributed by atoms with van der Waals surface area (Å²) >= 11 is 0. The van der Waals surface area contributed by atoms with Crippen LogP contribution in [0.5, 0.6) is 0 Å². The lowest BCUT2D eigenvalue weighted by molar-refractivity contribution is -0.130. The molecule has 0 rings (SSSR count). The van der Waals surface area contributed by atoms with Crippen molar-refractivity contribution in [2.45, 2.75) is 225 Å². The van der Waals surface area contributed by atoms with Crippen LogP contribution in [0.4, 0.5) is 0 Å². The quantitative estimate of drug-likeness (QED) is 0.0230. The van der Waals surface area contributed by atoms with Gasteiger partial charge in [-0.3, -0.25) is 24.0 Å². The summed E-state index contributed by atoms with van der Waals surface area (Å²) in [5.74, 6) is 0.461. The lowest BCUT2D eigenvalue weighted by Gasteiger charge is -2.18. The Morgan fingerprint density at radius 1 is 0.424 bits per heavy atom. The van der Waals surface area contributed by atoms with Gasteiger partial charge in [-0.05, 0) is 84.7 Å². The summed E-state index contributed by atoms with van der Waals surface area (Å²) in [4.78, 5) is 65.0. The molecule has 66 heavy (non-hydrogen) atoms. The summed E-state index contributed by atoms with van der Waals surface area (Å²) in [5, 5.41) is 14.5. The molecule has 5 amide bonds. The molecule has 1 atom stereocenters. The van der Waals surface area contributed by atoms with E-state index in [1.54, 1.807) is 21.6 Å². The van der Waals surface area contributed by atoms with Crippen LogP contribution in [0.15, 0.2) is 24.3 Å². The maximum Gasteiger partial charge on any atom is 0.242 e. The van der Waals surface area contributed by atoms with Crippen LogP contribution in [-0.4, -0.2) is 98.8 Å². The zero-order chi connectivity index (χ0) is 48.4. The minimum atomic E-state index is -0.841. The highest BCUT2D eigenvalue weighted by Gasteiger charge is 2.22. The van der Waals surface area contributed by atoms with Gasteiger partial charge in [-0.1, -0.05) is 175 Å². The topological polar surface area (TPSA) is 149 Å². The van der Waals surface area contributed by atoms with Crippen LogP contribution in [0.25, 0.3) is 0 Å². The Morgan fingerprint density at radius 3 is 1.24 bits per heavy atom. The van der Waals surface area contributed by atoms with Crippen LogP contribution < -0.4 is 26.6 Å². The van der Waals surface area contributed by atoms with Crippen molar-refractivity contribution in [2.24, 2.45) is 0 Å². The second kappa shape index (κ2) is 50.4. The van der Waals surface area contributed by atoms with Crippen molar-refractivity contribution in [2.75, 3.05) is 58.3 Å². The molecule has 0 aromatic carbocycles. The average Bonchev–Trinajstić information content (AvgIpc) is 3.29. The highest BCUT2D eigenvalue weighted by atomic mass is 33.1. The molecule has 0 aliphatic heterocycles. The van der Waals surface area contributed by atoms with E-state index in [4.69, 9.17) is 0 Å². The summed E-state index contributed by atoms with van der Waals surface area (Å²) in [7, 11) is 6.96. The Labute approximate surface area is 412 Å². The number of likely N-dealkylation sites (N-methyl/N-ethyl adjacent to an activating group) is 1. The molecule has 11 nitrogen and oxygen atoms in total. The molecular formula is C53H100N6O5S2. The Bertz CT molecular complexity index is 1240. The number of nitrogens with zero attached hydrogens (tertiary/aromatic N) is 1. The zero-order valence-electron chi connectivity index (χ0n) is 42.8. The van der Waals surface area contributed by atoms with E-state index in [1.165, 1.54) is 141 Å². The lowest BCUT2D eigenvalue weighted by Crippen LogP contribution is -2.47. The van der Waals surface area contributed by atoms with Crippen molar-refractivity contribution in [3.8, 4) is 0 Å². The largest absolute Gasteiger partial charge is 0.356 e. The predicted octanol–water partition coefficient (Wildman–Crippen LogP) is 11.5. The third kappa shape index (κ3) is 48.0. The third-order valence-corrected chi connectivity index (χ3v) is 13.9. The number of amides is 5. The summed E-state index contributed by atoms with van der Waals surface area (Å²) in [5.41, 5.74) is 0. The minimum Gasteiger partial charge on any atom is -0.356 e. The van der Waals surface area contributed by atoms with Crippen LogP contribution in [0.3, 0.4) is 0 Å². The molecule has 0 radical (unpaired) electrons. The van der Waals surface area contributed by atoms with E-state index in [0.29, 0.717) is 38.5 Å². The van der Waals surface area contributed by atoms with Crippen molar-refractivity contribution in [1.82, 2.24) is 31.5 Å². The Kier molecular flexibility index (Phi) is 48.5. The molecule has 384 valence electrons. The second-order valence-corrected chi connectivity index (χ2v) is 21.0. The van der Waals surface area contributed by atoms with Gasteiger partial charge in [0, 0.05) is 56.9 Å². The van der Waals surface area contributed by atoms with E-state index >= 15 is 0 Å². The van der Waals surface area contributed by atoms with Crippen LogP contribution in [0, 0.1) is 0 Å². The first kappa shape index (κ1) is 63.5. The Balaban J connectivity index is 4.49. The first-order valence-electron chi connectivity index (χ1n) is 26.8. The fourth-order valence-corrected chi connectivity index (χ4v) is 9.26. The second-order valence-electron chi connectivity index (χ2n) is 18.3. The maximum atomic E-state index is 13.3. The summed E-state index contributed by atoms with van der Waals surface area (Å²) in [6, 6.07) is -0.841. The summed E-state index contributed by atoms with van der Waals surface area (Å²) in [6.45, 7) is 7.08. The van der Waals surface area contributed by atoms with Gasteiger partial charge in [-0.25, -0.2) is 0 Å². The van der Waals surface area contributed by atoms with Crippen LogP contribution in [0.2, 0.25) is 0 Å². The molecule has 1 unspecified atom stereocenters. The van der Waals surface area contributed by atoms with Gasteiger partial charge in [0.2, 0.25) is 29.5 Å². The molecule has 0 aromatic heterocycles. The Hall–Kier alpha value is -2.51. The highest BCUT2D eigenvalue weighted by Crippen LogP contribution is 2.19. The number of hydrogen-bond acceptors (Lipinski definition) is 8. The molecule has 13 heteroatoms. The summed E-state index contributed by atoms with van der Waals surface area (Å²) < 4.78 is 0. The number of carbonyl (C=O) groups is 5. The number of hydrogen-bond donors (Lipinski definition) is 5. The smallest absolute Gasteiger partial charge is 0.242 e.